The van der Waals surface area contributed by atoms with Crippen LogP contribution in [0.5, 0.6) is 0 Å². The Morgan fingerprint density at radius 2 is 1.97 bits per heavy atom. The molecule has 0 spiro atoms. The highest BCUT2D eigenvalue weighted by Crippen LogP contribution is 2.28. The number of thiazole rings is 1. The minimum Gasteiger partial charge on any atom is -0.457 e. The molecule has 1 amide bonds. The normalized spacial score (nSPS) is 11.1. The number of aromatic nitrogens is 1. The van der Waals surface area contributed by atoms with Crippen molar-refractivity contribution in [2.24, 2.45) is 0 Å². The highest BCUT2D eigenvalue weighted by molar-refractivity contribution is 7.80. The lowest BCUT2D eigenvalue weighted by Crippen LogP contribution is -2.32. The van der Waals surface area contributed by atoms with Crippen molar-refractivity contribution in [2.75, 3.05) is 5.32 Å². The number of anilines is 1. The maximum atomic E-state index is 12.1. The maximum absolute atomic E-state index is 12.1. The van der Waals surface area contributed by atoms with E-state index in [1.54, 1.807) is 18.2 Å². The first-order valence-electron chi connectivity index (χ1n) is 8.58. The number of halogens is 1. The summed E-state index contributed by atoms with van der Waals surface area (Å²) in [6.07, 6.45) is 2.95. The quantitative estimate of drug-likeness (QED) is 0.313. The monoisotopic (exact) mass is 439 g/mol. The van der Waals surface area contributed by atoms with Gasteiger partial charge in [-0.15, -0.1) is 0 Å². The van der Waals surface area contributed by atoms with Gasteiger partial charge in [-0.1, -0.05) is 53.3 Å². The number of hydrogen-bond acceptors (Lipinski definition) is 5. The number of carbonyl (C=O) groups is 1. The molecule has 4 rings (SSSR count). The van der Waals surface area contributed by atoms with Crippen molar-refractivity contribution in [1.29, 1.82) is 0 Å². The van der Waals surface area contributed by atoms with E-state index in [4.69, 9.17) is 28.2 Å². The summed E-state index contributed by atoms with van der Waals surface area (Å²) in [5.74, 6) is 0.934. The van der Waals surface area contributed by atoms with Gasteiger partial charge in [-0.3, -0.25) is 10.1 Å². The van der Waals surface area contributed by atoms with Crippen molar-refractivity contribution >= 4 is 67.6 Å². The lowest BCUT2D eigenvalue weighted by Gasteiger charge is -2.04. The minimum absolute atomic E-state index is 0.161. The summed E-state index contributed by atoms with van der Waals surface area (Å²) in [6, 6.07) is 18.8. The zero-order valence-corrected chi connectivity index (χ0v) is 17.3. The highest BCUT2D eigenvalue weighted by Gasteiger charge is 2.08. The molecular weight excluding hydrogens is 426 g/mol. The molecule has 2 heterocycles. The molecule has 0 saturated carbocycles. The van der Waals surface area contributed by atoms with Crippen LogP contribution in [0.25, 0.3) is 27.6 Å². The zero-order valence-electron chi connectivity index (χ0n) is 14.9. The van der Waals surface area contributed by atoms with Gasteiger partial charge in [0.15, 0.2) is 10.2 Å². The summed E-state index contributed by atoms with van der Waals surface area (Å²) in [7, 11) is 0. The van der Waals surface area contributed by atoms with Crippen LogP contribution in [0.1, 0.15) is 5.76 Å². The number of amides is 1. The van der Waals surface area contributed by atoms with Crippen LogP contribution in [0.4, 0.5) is 5.13 Å². The average Bonchev–Trinajstić information content (AvgIpc) is 3.33. The number of fused-ring (bicyclic) bond motifs is 1. The summed E-state index contributed by atoms with van der Waals surface area (Å²) in [5, 5.41) is 6.88. The second kappa shape index (κ2) is 8.57. The zero-order chi connectivity index (χ0) is 20.2. The molecule has 2 N–H and O–H groups in total. The second-order valence-corrected chi connectivity index (χ2v) is 7.85. The summed E-state index contributed by atoms with van der Waals surface area (Å²) in [4.78, 5) is 16.5. The van der Waals surface area contributed by atoms with Gasteiger partial charge < -0.3 is 9.73 Å². The smallest absolute Gasteiger partial charge is 0.250 e. The van der Waals surface area contributed by atoms with Crippen LogP contribution in [0, 0.1) is 0 Å². The van der Waals surface area contributed by atoms with Crippen LogP contribution in [0.2, 0.25) is 5.02 Å². The molecule has 4 aromatic rings. The van der Waals surface area contributed by atoms with E-state index in [0.29, 0.717) is 15.9 Å². The Kier molecular flexibility index (Phi) is 5.71. The van der Waals surface area contributed by atoms with E-state index in [9.17, 15) is 4.79 Å². The van der Waals surface area contributed by atoms with Gasteiger partial charge in [0.2, 0.25) is 5.91 Å². The topological polar surface area (TPSA) is 67.2 Å². The third kappa shape index (κ3) is 4.89. The Morgan fingerprint density at radius 3 is 2.79 bits per heavy atom. The van der Waals surface area contributed by atoms with Crippen molar-refractivity contribution in [3.63, 3.8) is 0 Å². The summed E-state index contributed by atoms with van der Waals surface area (Å²) in [6.45, 7) is 0. The van der Waals surface area contributed by atoms with E-state index in [1.807, 2.05) is 48.5 Å². The molecule has 0 atom stereocenters. The van der Waals surface area contributed by atoms with Crippen LogP contribution >= 0.6 is 35.2 Å². The van der Waals surface area contributed by atoms with E-state index >= 15 is 0 Å². The molecule has 0 fully saturated rings. The molecular formula is C21H14ClN3O2S2. The molecule has 0 aliphatic carbocycles. The van der Waals surface area contributed by atoms with Crippen LogP contribution in [0.15, 0.2) is 71.2 Å². The molecule has 29 heavy (non-hydrogen) atoms. The third-order valence-corrected chi connectivity index (χ3v) is 5.26. The fraction of sp³-hybridized carbons (Fsp3) is 0. The summed E-state index contributed by atoms with van der Waals surface area (Å²) >= 11 is 12.6. The van der Waals surface area contributed by atoms with Gasteiger partial charge in [0, 0.05) is 16.7 Å². The number of carbonyl (C=O) groups excluding carboxylic acids is 1. The van der Waals surface area contributed by atoms with E-state index in [2.05, 4.69) is 15.6 Å². The maximum Gasteiger partial charge on any atom is 0.250 e. The number of benzene rings is 2. The fourth-order valence-electron chi connectivity index (χ4n) is 2.59. The molecule has 5 nitrogen and oxygen atoms in total. The molecule has 2 aromatic heterocycles. The van der Waals surface area contributed by atoms with E-state index in [0.717, 1.165) is 21.5 Å². The number of rotatable bonds is 4. The SMILES string of the molecule is O=C(/C=C/c1ccc(-c2ccccc2)o1)NC(=S)Nc1nc2ccc(Cl)cc2s1. The van der Waals surface area contributed by atoms with Crippen LogP contribution < -0.4 is 10.6 Å². The first-order valence-corrected chi connectivity index (χ1v) is 10.2. The van der Waals surface area contributed by atoms with Gasteiger partial charge in [-0.25, -0.2) is 4.98 Å². The summed E-state index contributed by atoms with van der Waals surface area (Å²) in [5.41, 5.74) is 1.78. The number of nitrogens with zero attached hydrogens (tertiary/aromatic N) is 1. The summed E-state index contributed by atoms with van der Waals surface area (Å²) < 4.78 is 6.66. The lowest BCUT2D eigenvalue weighted by atomic mass is 10.2. The van der Waals surface area contributed by atoms with Gasteiger partial charge >= 0.3 is 0 Å². The molecule has 0 aliphatic rings. The highest BCUT2D eigenvalue weighted by atomic mass is 35.5. The lowest BCUT2D eigenvalue weighted by molar-refractivity contribution is -0.115. The first kappa shape index (κ1) is 19.3. The first-order chi connectivity index (χ1) is 14.1. The molecule has 0 saturated heterocycles. The minimum atomic E-state index is -0.371. The van der Waals surface area contributed by atoms with E-state index in [-0.39, 0.29) is 11.0 Å². The predicted octanol–water partition coefficient (Wildman–Crippen LogP) is 5.74. The Balaban J connectivity index is 1.35. The van der Waals surface area contributed by atoms with Gasteiger partial charge in [-0.2, -0.15) is 0 Å². The Morgan fingerprint density at radius 1 is 1.14 bits per heavy atom. The van der Waals surface area contributed by atoms with Crippen molar-refractivity contribution in [1.82, 2.24) is 10.3 Å². The molecule has 144 valence electrons. The van der Waals surface area contributed by atoms with Crippen LogP contribution in [0.3, 0.4) is 0 Å². The molecule has 8 heteroatoms. The van der Waals surface area contributed by atoms with Gasteiger partial charge in [0.1, 0.15) is 11.5 Å². The molecule has 0 unspecified atom stereocenters. The molecule has 0 radical (unpaired) electrons. The van der Waals surface area contributed by atoms with Crippen molar-refractivity contribution in [2.45, 2.75) is 0 Å². The van der Waals surface area contributed by atoms with Crippen LogP contribution in [-0.4, -0.2) is 16.0 Å². The molecule has 0 aliphatic heterocycles. The van der Waals surface area contributed by atoms with Gasteiger partial charge in [0.25, 0.3) is 0 Å². The second-order valence-electron chi connectivity index (χ2n) is 5.98. The van der Waals surface area contributed by atoms with E-state index in [1.165, 1.54) is 17.4 Å². The number of hydrogen-bond donors (Lipinski definition) is 2. The van der Waals surface area contributed by atoms with Gasteiger partial charge in [0.05, 0.1) is 10.2 Å². The third-order valence-electron chi connectivity index (χ3n) is 3.89. The van der Waals surface area contributed by atoms with Crippen molar-refractivity contribution < 1.29 is 9.21 Å². The fourth-order valence-corrected chi connectivity index (χ4v) is 4.00. The van der Waals surface area contributed by atoms with Crippen molar-refractivity contribution in [3.8, 4) is 11.3 Å². The number of thiocarbonyl (C=S) groups is 1. The van der Waals surface area contributed by atoms with Crippen molar-refractivity contribution in [3.05, 3.63) is 77.5 Å². The van der Waals surface area contributed by atoms with E-state index < -0.39 is 0 Å². The number of furan rings is 1. The molecule has 0 bridgehead atoms. The standard InChI is InChI=1S/C21H14ClN3O2S2/c22-14-6-9-16-18(12-14)29-21(23-16)25-20(28)24-19(26)11-8-15-7-10-17(27-15)13-4-2-1-3-5-13/h1-12H,(H2,23,24,25,26,28)/b11-8+. The Labute approximate surface area is 181 Å². The predicted molar refractivity (Wildman–Crippen MR) is 122 cm³/mol. The number of nitrogens with one attached hydrogen (secondary N) is 2. The van der Waals surface area contributed by atoms with Gasteiger partial charge in [-0.05, 0) is 48.6 Å². The molecule has 2 aromatic carbocycles. The average molecular weight is 440 g/mol. The Hall–Kier alpha value is -3.00. The Bertz CT molecular complexity index is 1220. The van der Waals surface area contributed by atoms with Crippen LogP contribution in [-0.2, 0) is 4.79 Å². The largest absolute Gasteiger partial charge is 0.457 e.